The molecule has 1 heterocycles. The van der Waals surface area contributed by atoms with Gasteiger partial charge in [-0.2, -0.15) is 5.26 Å². The van der Waals surface area contributed by atoms with E-state index >= 15 is 0 Å². The van der Waals surface area contributed by atoms with Gasteiger partial charge in [-0.05, 0) is 61.9 Å². The number of likely N-dealkylation sites (tertiary alicyclic amines) is 1. The predicted octanol–water partition coefficient (Wildman–Crippen LogP) is 4.47. The van der Waals surface area contributed by atoms with Crippen LogP contribution < -0.4 is 0 Å². The molecule has 1 atom stereocenters. The van der Waals surface area contributed by atoms with Crippen LogP contribution in [0, 0.1) is 23.2 Å². The van der Waals surface area contributed by atoms with Crippen molar-refractivity contribution in [3.05, 3.63) is 34.3 Å². The van der Waals surface area contributed by atoms with E-state index in [0.717, 1.165) is 37.0 Å². The second-order valence-electron chi connectivity index (χ2n) is 6.13. The molecule has 1 saturated heterocycles. The molecule has 1 fully saturated rings. The fraction of sp³-hybridized carbons (Fsp3) is 0.588. The summed E-state index contributed by atoms with van der Waals surface area (Å²) in [6.07, 6.45) is 3.90. The topological polar surface area (TPSA) is 27.0 Å². The van der Waals surface area contributed by atoms with Crippen LogP contribution in [0.4, 0.5) is 0 Å². The fourth-order valence-corrected chi connectivity index (χ4v) is 3.23. The normalized spacial score (nSPS) is 20.6. The van der Waals surface area contributed by atoms with Crippen molar-refractivity contribution in [3.8, 4) is 6.07 Å². The van der Waals surface area contributed by atoms with Crippen molar-refractivity contribution < 1.29 is 0 Å². The molecule has 0 aromatic heterocycles. The standard InChI is InChI=1S/C17H23ClN2/c1-13(2)15-4-3-8-20(9-7-15)12-16-6-5-14(11-19)10-17(16)18/h5-6,10,13,15H,3-4,7-9,12H2,1-2H3. The van der Waals surface area contributed by atoms with Crippen LogP contribution in [0.1, 0.15) is 44.2 Å². The van der Waals surface area contributed by atoms with E-state index in [2.05, 4.69) is 24.8 Å². The molecule has 0 saturated carbocycles. The highest BCUT2D eigenvalue weighted by atomic mass is 35.5. The molecule has 0 radical (unpaired) electrons. The van der Waals surface area contributed by atoms with Crippen LogP contribution in [0.25, 0.3) is 0 Å². The molecule has 1 aliphatic heterocycles. The van der Waals surface area contributed by atoms with Crippen molar-refractivity contribution in [2.45, 2.75) is 39.7 Å². The molecule has 1 unspecified atom stereocenters. The lowest BCUT2D eigenvalue weighted by Gasteiger charge is -2.21. The van der Waals surface area contributed by atoms with E-state index in [0.29, 0.717) is 10.6 Å². The zero-order valence-corrected chi connectivity index (χ0v) is 13.2. The zero-order chi connectivity index (χ0) is 14.5. The molecule has 1 aromatic carbocycles. The number of nitriles is 1. The molecule has 108 valence electrons. The summed E-state index contributed by atoms with van der Waals surface area (Å²) in [4.78, 5) is 2.50. The van der Waals surface area contributed by atoms with Gasteiger partial charge in [-0.15, -0.1) is 0 Å². The molecule has 0 amide bonds. The van der Waals surface area contributed by atoms with E-state index < -0.39 is 0 Å². The minimum atomic E-state index is 0.634. The van der Waals surface area contributed by atoms with Gasteiger partial charge in [0.25, 0.3) is 0 Å². The van der Waals surface area contributed by atoms with Gasteiger partial charge in [-0.25, -0.2) is 0 Å². The average Bonchev–Trinajstić information content (AvgIpc) is 2.66. The van der Waals surface area contributed by atoms with E-state index in [1.54, 1.807) is 6.07 Å². The Morgan fingerprint density at radius 2 is 2.15 bits per heavy atom. The lowest BCUT2D eigenvalue weighted by Crippen LogP contribution is -2.24. The van der Waals surface area contributed by atoms with E-state index in [1.165, 1.54) is 19.3 Å². The Kier molecular flexibility index (Phi) is 5.46. The van der Waals surface area contributed by atoms with Crippen molar-refractivity contribution >= 4 is 11.6 Å². The Hall–Kier alpha value is -1.04. The van der Waals surface area contributed by atoms with Gasteiger partial charge in [0.15, 0.2) is 0 Å². The number of hydrogen-bond donors (Lipinski definition) is 0. The summed E-state index contributed by atoms with van der Waals surface area (Å²) in [6, 6.07) is 7.75. The quantitative estimate of drug-likeness (QED) is 0.821. The van der Waals surface area contributed by atoms with Crippen molar-refractivity contribution in [3.63, 3.8) is 0 Å². The molecule has 0 aliphatic carbocycles. The van der Waals surface area contributed by atoms with Gasteiger partial charge < -0.3 is 0 Å². The first-order valence-electron chi connectivity index (χ1n) is 7.51. The molecule has 2 rings (SSSR count). The van der Waals surface area contributed by atoms with Crippen LogP contribution in [0.3, 0.4) is 0 Å². The summed E-state index contributed by atoms with van der Waals surface area (Å²) in [5.41, 5.74) is 1.77. The first kappa shape index (κ1) is 15.4. The maximum absolute atomic E-state index is 8.87. The third kappa shape index (κ3) is 3.98. The monoisotopic (exact) mass is 290 g/mol. The van der Waals surface area contributed by atoms with Gasteiger partial charge in [0.1, 0.15) is 0 Å². The molecular formula is C17H23ClN2. The molecule has 1 aliphatic rings. The van der Waals surface area contributed by atoms with Gasteiger partial charge in [0.2, 0.25) is 0 Å². The van der Waals surface area contributed by atoms with Crippen LogP contribution in [0.15, 0.2) is 18.2 Å². The van der Waals surface area contributed by atoms with E-state index in [1.807, 2.05) is 12.1 Å². The second-order valence-corrected chi connectivity index (χ2v) is 6.54. The third-order valence-corrected chi connectivity index (χ3v) is 4.74. The lowest BCUT2D eigenvalue weighted by atomic mass is 9.89. The molecule has 2 nitrogen and oxygen atoms in total. The Morgan fingerprint density at radius 1 is 1.35 bits per heavy atom. The average molecular weight is 291 g/mol. The van der Waals surface area contributed by atoms with E-state index in [-0.39, 0.29) is 0 Å². The van der Waals surface area contributed by atoms with Crippen molar-refractivity contribution in [2.24, 2.45) is 11.8 Å². The smallest absolute Gasteiger partial charge is 0.0992 e. The molecule has 0 N–H and O–H groups in total. The minimum absolute atomic E-state index is 0.634. The maximum Gasteiger partial charge on any atom is 0.0992 e. The first-order chi connectivity index (χ1) is 9.60. The SMILES string of the molecule is CC(C)C1CCCN(Cc2ccc(C#N)cc2Cl)CC1. The molecule has 1 aromatic rings. The molecule has 3 heteroatoms. The number of benzene rings is 1. The molecular weight excluding hydrogens is 268 g/mol. The molecule has 0 bridgehead atoms. The van der Waals surface area contributed by atoms with Gasteiger partial charge in [-0.1, -0.05) is 31.5 Å². The van der Waals surface area contributed by atoms with Gasteiger partial charge in [0, 0.05) is 11.6 Å². The number of rotatable bonds is 3. The van der Waals surface area contributed by atoms with E-state index in [9.17, 15) is 0 Å². The first-order valence-corrected chi connectivity index (χ1v) is 7.89. The van der Waals surface area contributed by atoms with Crippen LogP contribution >= 0.6 is 11.6 Å². The van der Waals surface area contributed by atoms with Gasteiger partial charge in [0.05, 0.1) is 11.6 Å². The summed E-state index contributed by atoms with van der Waals surface area (Å²) in [6.45, 7) is 7.86. The van der Waals surface area contributed by atoms with Crippen LogP contribution in [0.5, 0.6) is 0 Å². The van der Waals surface area contributed by atoms with Crippen molar-refractivity contribution in [1.29, 1.82) is 5.26 Å². The number of hydrogen-bond acceptors (Lipinski definition) is 2. The van der Waals surface area contributed by atoms with Crippen LogP contribution in [0.2, 0.25) is 5.02 Å². The highest BCUT2D eigenvalue weighted by Crippen LogP contribution is 2.26. The summed E-state index contributed by atoms with van der Waals surface area (Å²) < 4.78 is 0. The Morgan fingerprint density at radius 3 is 2.80 bits per heavy atom. The maximum atomic E-state index is 8.87. The number of halogens is 1. The van der Waals surface area contributed by atoms with Crippen molar-refractivity contribution in [1.82, 2.24) is 4.90 Å². The van der Waals surface area contributed by atoms with Crippen LogP contribution in [-0.2, 0) is 6.54 Å². The molecule has 0 spiro atoms. The third-order valence-electron chi connectivity index (χ3n) is 4.38. The highest BCUT2D eigenvalue weighted by Gasteiger charge is 2.19. The molecule has 20 heavy (non-hydrogen) atoms. The summed E-state index contributed by atoms with van der Waals surface area (Å²) >= 11 is 6.27. The summed E-state index contributed by atoms with van der Waals surface area (Å²) in [5.74, 6) is 1.64. The highest BCUT2D eigenvalue weighted by molar-refractivity contribution is 6.31. The fourth-order valence-electron chi connectivity index (χ4n) is 2.99. The second kappa shape index (κ2) is 7.11. The van der Waals surface area contributed by atoms with Gasteiger partial charge >= 0.3 is 0 Å². The predicted molar refractivity (Wildman–Crippen MR) is 83.6 cm³/mol. The van der Waals surface area contributed by atoms with Gasteiger partial charge in [-0.3, -0.25) is 4.90 Å². The Bertz CT molecular complexity index is 490. The largest absolute Gasteiger partial charge is 0.299 e. The van der Waals surface area contributed by atoms with Crippen molar-refractivity contribution in [2.75, 3.05) is 13.1 Å². The number of nitrogens with zero attached hydrogens (tertiary/aromatic N) is 2. The lowest BCUT2D eigenvalue weighted by molar-refractivity contribution is 0.265. The Labute approximate surface area is 127 Å². The van der Waals surface area contributed by atoms with E-state index in [4.69, 9.17) is 16.9 Å². The summed E-state index contributed by atoms with van der Waals surface area (Å²) in [7, 11) is 0. The Balaban J connectivity index is 1.98. The summed E-state index contributed by atoms with van der Waals surface area (Å²) in [5, 5.41) is 9.59. The minimum Gasteiger partial charge on any atom is -0.299 e. The zero-order valence-electron chi connectivity index (χ0n) is 12.4. The van der Waals surface area contributed by atoms with Crippen LogP contribution in [-0.4, -0.2) is 18.0 Å².